The second-order valence-corrected chi connectivity index (χ2v) is 13.2. The predicted octanol–water partition coefficient (Wildman–Crippen LogP) is 11.6. The van der Waals surface area contributed by atoms with Crippen molar-refractivity contribution in [1.82, 2.24) is 19.9 Å². The van der Waals surface area contributed by atoms with Gasteiger partial charge in [0.05, 0.1) is 11.2 Å². The lowest BCUT2D eigenvalue weighted by atomic mass is 9.93. The molecule has 3 heterocycles. The minimum atomic E-state index is -0.237. The Balaban J connectivity index is 1.01. The lowest BCUT2D eigenvalue weighted by molar-refractivity contribution is 0.838. The van der Waals surface area contributed by atoms with Crippen LogP contribution in [0.1, 0.15) is 17.4 Å². The quantitative estimate of drug-likeness (QED) is 0.185. The van der Waals surface area contributed by atoms with Crippen molar-refractivity contribution in [3.8, 4) is 45.2 Å². The summed E-state index contributed by atoms with van der Waals surface area (Å²) in [5.41, 5.74) is 9.29. The summed E-state index contributed by atoms with van der Waals surface area (Å²) in [5, 5.41) is 9.82. The Bertz CT molecular complexity index is 2770. The minimum absolute atomic E-state index is 0.237. The van der Waals surface area contributed by atoms with Crippen LogP contribution in [-0.4, -0.2) is 19.9 Å². The molecule has 0 spiro atoms. The first-order valence-electron chi connectivity index (χ1n) is 17.5. The van der Waals surface area contributed by atoms with E-state index in [-0.39, 0.29) is 6.04 Å². The molecule has 0 bridgehead atoms. The molecule has 9 aromatic rings. The molecule has 7 aromatic carbocycles. The van der Waals surface area contributed by atoms with Crippen molar-refractivity contribution in [3.63, 3.8) is 0 Å². The third-order valence-corrected chi connectivity index (χ3v) is 9.90. The largest absolute Gasteiger partial charge is 0.371 e. The van der Waals surface area contributed by atoms with Gasteiger partial charge in [-0.15, -0.1) is 0 Å². The summed E-state index contributed by atoms with van der Waals surface area (Å²) >= 11 is 0. The molecule has 0 saturated carbocycles. The zero-order valence-corrected chi connectivity index (χ0v) is 28.1. The molecule has 244 valence electrons. The maximum absolute atomic E-state index is 5.21. The molecular formula is C47H31N5. The molecule has 1 atom stereocenters. The molecule has 0 fully saturated rings. The Hall–Kier alpha value is -6.98. The van der Waals surface area contributed by atoms with Crippen LogP contribution >= 0.6 is 0 Å². The first kappa shape index (κ1) is 29.9. The molecule has 5 nitrogen and oxygen atoms in total. The molecule has 5 heteroatoms. The van der Waals surface area contributed by atoms with E-state index in [1.807, 2.05) is 60.7 Å². The standard InChI is InChI=1S/C47H31N5/c1-3-11-34(12-4-1)45-50-46(35-13-5-2-6-14-35)52-47(51-45)41-27-25-32-20-23-37(29-43(32)49-41)40-26-24-31-19-22-36(28-42(31)48-40)39-17-9-15-33-21-18-30-10-7-8-16-38(30)44(33)39/h1-29,41,49H. The molecule has 10 rings (SSSR count). The van der Waals surface area contributed by atoms with Crippen molar-refractivity contribution in [2.75, 3.05) is 5.32 Å². The number of nitrogens with one attached hydrogen (secondary N) is 1. The summed E-state index contributed by atoms with van der Waals surface area (Å²) in [7, 11) is 0. The first-order valence-corrected chi connectivity index (χ1v) is 17.5. The Kier molecular flexibility index (Phi) is 7.14. The van der Waals surface area contributed by atoms with E-state index in [2.05, 4.69) is 121 Å². The zero-order valence-electron chi connectivity index (χ0n) is 28.1. The van der Waals surface area contributed by atoms with Gasteiger partial charge < -0.3 is 5.32 Å². The van der Waals surface area contributed by atoms with Crippen molar-refractivity contribution >= 4 is 44.2 Å². The Morgan fingerprint density at radius 1 is 0.462 bits per heavy atom. The Morgan fingerprint density at radius 2 is 1.13 bits per heavy atom. The first-order chi connectivity index (χ1) is 25.7. The van der Waals surface area contributed by atoms with Gasteiger partial charge in [0.1, 0.15) is 6.04 Å². The molecule has 1 aliphatic rings. The van der Waals surface area contributed by atoms with E-state index in [0.717, 1.165) is 50.1 Å². The van der Waals surface area contributed by atoms with Gasteiger partial charge in [0.2, 0.25) is 0 Å². The van der Waals surface area contributed by atoms with Gasteiger partial charge in [-0.1, -0.05) is 158 Å². The van der Waals surface area contributed by atoms with E-state index >= 15 is 0 Å². The average Bonchev–Trinajstić information content (AvgIpc) is 3.23. The van der Waals surface area contributed by atoms with E-state index in [1.165, 1.54) is 27.1 Å². The number of aromatic nitrogens is 4. The number of rotatable bonds is 5. The SMILES string of the molecule is C1=CC(c2nc(-c3ccccc3)nc(-c3ccccc3)n2)Nc2cc(-c3ccc4ccc(-c5cccc6ccc7ccccc7c56)cc4n3)ccc21. The molecule has 0 amide bonds. The fourth-order valence-electron chi connectivity index (χ4n) is 7.26. The third-order valence-electron chi connectivity index (χ3n) is 9.90. The third kappa shape index (κ3) is 5.36. The lowest BCUT2D eigenvalue weighted by Crippen LogP contribution is -2.17. The molecule has 52 heavy (non-hydrogen) atoms. The number of pyridine rings is 1. The summed E-state index contributed by atoms with van der Waals surface area (Å²) < 4.78 is 0. The molecule has 0 aliphatic carbocycles. The normalized spacial score (nSPS) is 13.7. The highest BCUT2D eigenvalue weighted by Gasteiger charge is 2.21. The van der Waals surface area contributed by atoms with E-state index in [1.54, 1.807) is 0 Å². The molecule has 1 aliphatic heterocycles. The van der Waals surface area contributed by atoms with E-state index in [4.69, 9.17) is 19.9 Å². The van der Waals surface area contributed by atoms with Gasteiger partial charge in [-0.2, -0.15) is 0 Å². The highest BCUT2D eigenvalue weighted by Crippen LogP contribution is 2.37. The van der Waals surface area contributed by atoms with Crippen molar-refractivity contribution < 1.29 is 0 Å². The number of benzene rings is 7. The van der Waals surface area contributed by atoms with Crippen LogP contribution < -0.4 is 5.32 Å². The van der Waals surface area contributed by atoms with Crippen LogP contribution in [0.5, 0.6) is 0 Å². The van der Waals surface area contributed by atoms with Crippen molar-refractivity contribution in [2.45, 2.75) is 6.04 Å². The molecule has 1 N–H and O–H groups in total. The van der Waals surface area contributed by atoms with Crippen LogP contribution in [0.2, 0.25) is 0 Å². The average molecular weight is 666 g/mol. The van der Waals surface area contributed by atoms with Crippen LogP contribution in [0, 0.1) is 0 Å². The van der Waals surface area contributed by atoms with Gasteiger partial charge in [-0.05, 0) is 56.4 Å². The fraction of sp³-hybridized carbons (Fsp3) is 0.0213. The smallest absolute Gasteiger partial charge is 0.163 e. The van der Waals surface area contributed by atoms with Crippen molar-refractivity contribution in [2.24, 2.45) is 0 Å². The highest BCUT2D eigenvalue weighted by molar-refractivity contribution is 6.14. The van der Waals surface area contributed by atoms with Crippen LogP contribution in [-0.2, 0) is 0 Å². The van der Waals surface area contributed by atoms with Gasteiger partial charge >= 0.3 is 0 Å². The van der Waals surface area contributed by atoms with E-state index in [9.17, 15) is 0 Å². The summed E-state index contributed by atoms with van der Waals surface area (Å²) in [6, 6.07) is 56.8. The number of hydrogen-bond donors (Lipinski definition) is 1. The lowest BCUT2D eigenvalue weighted by Gasteiger charge is -2.22. The number of fused-ring (bicyclic) bond motifs is 5. The summed E-state index contributed by atoms with van der Waals surface area (Å²) in [6.45, 7) is 0. The molecule has 1 unspecified atom stereocenters. The monoisotopic (exact) mass is 665 g/mol. The second-order valence-electron chi connectivity index (χ2n) is 13.2. The highest BCUT2D eigenvalue weighted by atomic mass is 15.1. The van der Waals surface area contributed by atoms with Gasteiger partial charge in [0.25, 0.3) is 0 Å². The van der Waals surface area contributed by atoms with Crippen LogP contribution in [0.4, 0.5) is 5.69 Å². The molecule has 2 aromatic heterocycles. The van der Waals surface area contributed by atoms with Gasteiger partial charge in [-0.25, -0.2) is 19.9 Å². The van der Waals surface area contributed by atoms with Crippen LogP contribution in [0.25, 0.3) is 83.7 Å². The Labute approximate surface area is 301 Å². The topological polar surface area (TPSA) is 63.6 Å². The molecule has 0 radical (unpaired) electrons. The van der Waals surface area contributed by atoms with Crippen LogP contribution in [0.15, 0.2) is 170 Å². The van der Waals surface area contributed by atoms with Crippen molar-refractivity contribution in [1.29, 1.82) is 0 Å². The predicted molar refractivity (Wildman–Crippen MR) is 214 cm³/mol. The van der Waals surface area contributed by atoms with Crippen molar-refractivity contribution in [3.05, 3.63) is 181 Å². The second kappa shape index (κ2) is 12.4. The summed E-state index contributed by atoms with van der Waals surface area (Å²) in [4.78, 5) is 20.0. The molecule has 0 saturated heterocycles. The molecular weight excluding hydrogens is 635 g/mol. The van der Waals surface area contributed by atoms with Gasteiger partial charge in [0.15, 0.2) is 17.5 Å². The van der Waals surface area contributed by atoms with E-state index < -0.39 is 0 Å². The maximum atomic E-state index is 5.21. The maximum Gasteiger partial charge on any atom is 0.163 e. The Morgan fingerprint density at radius 3 is 1.94 bits per heavy atom. The number of hydrogen-bond acceptors (Lipinski definition) is 5. The van der Waals surface area contributed by atoms with E-state index in [0.29, 0.717) is 17.5 Å². The van der Waals surface area contributed by atoms with Crippen LogP contribution in [0.3, 0.4) is 0 Å². The summed E-state index contributed by atoms with van der Waals surface area (Å²) in [6.07, 6.45) is 4.26. The zero-order chi connectivity index (χ0) is 34.4. The number of anilines is 1. The summed E-state index contributed by atoms with van der Waals surface area (Å²) in [5.74, 6) is 1.96. The van der Waals surface area contributed by atoms with Gasteiger partial charge in [0, 0.05) is 27.8 Å². The van der Waals surface area contributed by atoms with Gasteiger partial charge in [-0.3, -0.25) is 0 Å². The minimum Gasteiger partial charge on any atom is -0.371 e. The number of nitrogens with zero attached hydrogens (tertiary/aromatic N) is 4. The fourth-order valence-corrected chi connectivity index (χ4v) is 7.26.